The summed E-state index contributed by atoms with van der Waals surface area (Å²) in [4.78, 5) is 10.7. The predicted octanol–water partition coefficient (Wildman–Crippen LogP) is -0.107. The highest BCUT2D eigenvalue weighted by molar-refractivity contribution is 9.10. The first kappa shape index (κ1) is 11.9. The van der Waals surface area contributed by atoms with Crippen LogP contribution in [-0.2, 0) is 9.53 Å². The molecule has 2 atom stereocenters. The standard InChI is InChI=1S/C7H14BrNO3/c1-5(8)7(11)9-3-6(10)4-12-2/h5-6,10H,3-4H2,1-2H3,(H,9,11). The summed E-state index contributed by atoms with van der Waals surface area (Å²) in [7, 11) is 1.50. The van der Waals surface area contributed by atoms with Gasteiger partial charge < -0.3 is 15.2 Å². The predicted molar refractivity (Wildman–Crippen MR) is 49.3 cm³/mol. The van der Waals surface area contributed by atoms with Crippen LogP contribution in [0.2, 0.25) is 0 Å². The SMILES string of the molecule is COCC(O)CNC(=O)C(C)Br. The molecule has 1 amide bonds. The fraction of sp³-hybridized carbons (Fsp3) is 0.857. The number of hydrogen-bond donors (Lipinski definition) is 2. The van der Waals surface area contributed by atoms with Gasteiger partial charge in [0.15, 0.2) is 0 Å². The van der Waals surface area contributed by atoms with Crippen molar-refractivity contribution in [2.24, 2.45) is 0 Å². The third-order valence-electron chi connectivity index (χ3n) is 1.23. The van der Waals surface area contributed by atoms with Crippen LogP contribution in [0.1, 0.15) is 6.92 Å². The Hall–Kier alpha value is -0.130. The van der Waals surface area contributed by atoms with Gasteiger partial charge in [-0.15, -0.1) is 0 Å². The van der Waals surface area contributed by atoms with Gasteiger partial charge >= 0.3 is 0 Å². The topological polar surface area (TPSA) is 58.6 Å². The Kier molecular flexibility index (Phi) is 6.32. The van der Waals surface area contributed by atoms with Gasteiger partial charge in [-0.1, -0.05) is 15.9 Å². The van der Waals surface area contributed by atoms with Gasteiger partial charge in [-0.2, -0.15) is 0 Å². The molecule has 0 rings (SSSR count). The summed E-state index contributed by atoms with van der Waals surface area (Å²) in [6.45, 7) is 2.18. The first-order valence-electron chi connectivity index (χ1n) is 3.66. The van der Waals surface area contributed by atoms with E-state index >= 15 is 0 Å². The number of alkyl halides is 1. The lowest BCUT2D eigenvalue weighted by Gasteiger charge is -2.11. The van der Waals surface area contributed by atoms with Crippen molar-refractivity contribution in [3.05, 3.63) is 0 Å². The average molecular weight is 240 g/mol. The van der Waals surface area contributed by atoms with Crippen LogP contribution in [0.5, 0.6) is 0 Å². The monoisotopic (exact) mass is 239 g/mol. The van der Waals surface area contributed by atoms with Gasteiger partial charge in [-0.25, -0.2) is 0 Å². The van der Waals surface area contributed by atoms with Gasteiger partial charge in [-0.3, -0.25) is 4.79 Å². The van der Waals surface area contributed by atoms with Crippen molar-refractivity contribution >= 4 is 21.8 Å². The van der Waals surface area contributed by atoms with Gasteiger partial charge in [0.25, 0.3) is 0 Å². The minimum Gasteiger partial charge on any atom is -0.389 e. The zero-order valence-corrected chi connectivity index (χ0v) is 8.80. The zero-order valence-electron chi connectivity index (χ0n) is 7.21. The molecule has 5 heteroatoms. The second-order valence-corrected chi connectivity index (χ2v) is 3.84. The van der Waals surface area contributed by atoms with Crippen LogP contribution >= 0.6 is 15.9 Å². The Morgan fingerprint density at radius 3 is 2.75 bits per heavy atom. The van der Waals surface area contributed by atoms with Crippen LogP contribution in [0.4, 0.5) is 0 Å². The molecule has 0 aliphatic heterocycles. The molecule has 0 spiro atoms. The summed E-state index contributed by atoms with van der Waals surface area (Å²) >= 11 is 3.10. The lowest BCUT2D eigenvalue weighted by molar-refractivity contribution is -0.120. The Morgan fingerprint density at radius 1 is 1.75 bits per heavy atom. The van der Waals surface area contributed by atoms with E-state index in [2.05, 4.69) is 26.0 Å². The first-order chi connectivity index (χ1) is 5.57. The molecule has 0 saturated carbocycles. The molecular formula is C7H14BrNO3. The summed E-state index contributed by atoms with van der Waals surface area (Å²) in [6.07, 6.45) is -0.634. The maximum Gasteiger partial charge on any atom is 0.233 e. The number of nitrogens with one attached hydrogen (secondary N) is 1. The number of ether oxygens (including phenoxy) is 1. The minimum atomic E-state index is -0.634. The van der Waals surface area contributed by atoms with Crippen LogP contribution in [0.25, 0.3) is 0 Å². The molecule has 72 valence electrons. The van der Waals surface area contributed by atoms with Crippen molar-refractivity contribution in [3.8, 4) is 0 Å². The molecule has 0 heterocycles. The molecule has 0 aromatic rings. The summed E-state index contributed by atoms with van der Waals surface area (Å²) < 4.78 is 4.68. The Morgan fingerprint density at radius 2 is 2.33 bits per heavy atom. The maximum absolute atomic E-state index is 10.9. The number of carbonyl (C=O) groups excluding carboxylic acids is 1. The molecule has 12 heavy (non-hydrogen) atoms. The van der Waals surface area contributed by atoms with Gasteiger partial charge in [0.1, 0.15) is 0 Å². The summed E-state index contributed by atoms with van der Waals surface area (Å²) in [5, 5.41) is 11.7. The van der Waals surface area contributed by atoms with E-state index in [1.54, 1.807) is 6.92 Å². The lowest BCUT2D eigenvalue weighted by Crippen LogP contribution is -2.37. The summed E-state index contributed by atoms with van der Waals surface area (Å²) in [5.41, 5.74) is 0. The van der Waals surface area contributed by atoms with Gasteiger partial charge in [0.2, 0.25) is 5.91 Å². The normalized spacial score (nSPS) is 15.3. The van der Waals surface area contributed by atoms with Crippen LogP contribution < -0.4 is 5.32 Å². The van der Waals surface area contributed by atoms with E-state index in [1.807, 2.05) is 0 Å². The molecule has 0 bridgehead atoms. The first-order valence-corrected chi connectivity index (χ1v) is 4.58. The van der Waals surface area contributed by atoms with E-state index in [0.29, 0.717) is 0 Å². The smallest absolute Gasteiger partial charge is 0.233 e. The number of carbonyl (C=O) groups is 1. The Labute approximate surface area is 80.4 Å². The highest BCUT2D eigenvalue weighted by Gasteiger charge is 2.10. The van der Waals surface area contributed by atoms with E-state index in [0.717, 1.165) is 0 Å². The number of methoxy groups -OCH3 is 1. The number of halogens is 1. The van der Waals surface area contributed by atoms with Crippen molar-refractivity contribution in [1.82, 2.24) is 5.32 Å². The number of aliphatic hydroxyl groups is 1. The molecule has 0 aromatic heterocycles. The zero-order chi connectivity index (χ0) is 9.56. The lowest BCUT2D eigenvalue weighted by atomic mass is 10.3. The fourth-order valence-electron chi connectivity index (χ4n) is 0.610. The molecule has 0 aliphatic rings. The molecule has 0 saturated heterocycles. The molecule has 2 unspecified atom stereocenters. The highest BCUT2D eigenvalue weighted by atomic mass is 79.9. The molecule has 0 aromatic carbocycles. The number of amides is 1. The van der Waals surface area contributed by atoms with Crippen LogP contribution in [0.15, 0.2) is 0 Å². The Bertz CT molecular complexity index is 141. The molecular weight excluding hydrogens is 226 g/mol. The van der Waals surface area contributed by atoms with Gasteiger partial charge in [0.05, 0.1) is 17.5 Å². The number of hydrogen-bond acceptors (Lipinski definition) is 3. The quantitative estimate of drug-likeness (QED) is 0.659. The van der Waals surface area contributed by atoms with E-state index in [4.69, 9.17) is 5.11 Å². The highest BCUT2D eigenvalue weighted by Crippen LogP contribution is 1.95. The summed E-state index contributed by atoms with van der Waals surface area (Å²) in [6, 6.07) is 0. The molecule has 2 N–H and O–H groups in total. The van der Waals surface area contributed by atoms with E-state index in [1.165, 1.54) is 7.11 Å². The van der Waals surface area contributed by atoms with Crippen LogP contribution in [0.3, 0.4) is 0 Å². The molecule has 0 radical (unpaired) electrons. The van der Waals surface area contributed by atoms with Crippen molar-refractivity contribution in [1.29, 1.82) is 0 Å². The third kappa shape index (κ3) is 5.51. The van der Waals surface area contributed by atoms with Crippen molar-refractivity contribution in [3.63, 3.8) is 0 Å². The largest absolute Gasteiger partial charge is 0.389 e. The van der Waals surface area contributed by atoms with Gasteiger partial charge in [-0.05, 0) is 6.92 Å². The minimum absolute atomic E-state index is 0.134. The second-order valence-electron chi connectivity index (χ2n) is 2.47. The van der Waals surface area contributed by atoms with Crippen LogP contribution in [0, 0.1) is 0 Å². The number of rotatable bonds is 5. The summed E-state index contributed by atoms with van der Waals surface area (Å²) in [5.74, 6) is -0.134. The van der Waals surface area contributed by atoms with Crippen LogP contribution in [-0.4, -0.2) is 42.2 Å². The average Bonchev–Trinajstić information content (AvgIpc) is 2.00. The molecule has 4 nitrogen and oxygen atoms in total. The fourth-order valence-corrected chi connectivity index (χ4v) is 0.772. The van der Waals surface area contributed by atoms with Crippen molar-refractivity contribution in [2.45, 2.75) is 17.9 Å². The molecule has 0 aliphatic carbocycles. The van der Waals surface area contributed by atoms with Crippen molar-refractivity contribution in [2.75, 3.05) is 20.3 Å². The van der Waals surface area contributed by atoms with E-state index < -0.39 is 6.10 Å². The molecule has 0 fully saturated rings. The maximum atomic E-state index is 10.9. The number of aliphatic hydroxyl groups excluding tert-OH is 1. The van der Waals surface area contributed by atoms with E-state index in [9.17, 15) is 4.79 Å². The second kappa shape index (κ2) is 6.39. The van der Waals surface area contributed by atoms with E-state index in [-0.39, 0.29) is 23.9 Å². The van der Waals surface area contributed by atoms with Gasteiger partial charge in [0, 0.05) is 13.7 Å². The Balaban J connectivity index is 3.47. The van der Waals surface area contributed by atoms with Crippen molar-refractivity contribution < 1.29 is 14.6 Å². The third-order valence-corrected chi connectivity index (χ3v) is 1.65.